The number of aliphatic hydroxyl groups excluding tert-OH is 2. The number of hydrogen-bond acceptors (Lipinski definition) is 5. The number of aliphatic hydroxyl groups is 2. The third-order valence-electron chi connectivity index (χ3n) is 3.22. The van der Waals surface area contributed by atoms with E-state index in [9.17, 15) is 23.4 Å². The second kappa shape index (κ2) is 4.32. The van der Waals surface area contributed by atoms with Gasteiger partial charge in [0.25, 0.3) is 0 Å². The molecule has 2 unspecified atom stereocenters. The van der Waals surface area contributed by atoms with Crippen molar-refractivity contribution >= 4 is 11.3 Å². The van der Waals surface area contributed by atoms with E-state index in [0.717, 1.165) is 10.6 Å². The lowest BCUT2D eigenvalue weighted by molar-refractivity contribution is -0.141. The highest BCUT2D eigenvalue weighted by molar-refractivity contribution is 5.69. The fourth-order valence-electron chi connectivity index (χ4n) is 2.23. The quantitative estimate of drug-likeness (QED) is 0.789. The van der Waals surface area contributed by atoms with Gasteiger partial charge in [0.1, 0.15) is 5.52 Å². The number of halogens is 3. The van der Waals surface area contributed by atoms with Crippen molar-refractivity contribution in [2.45, 2.75) is 18.4 Å². The lowest BCUT2D eigenvalue weighted by atomic mass is 10.3. The van der Waals surface area contributed by atoms with Crippen LogP contribution in [0.4, 0.5) is 19.0 Å². The van der Waals surface area contributed by atoms with Gasteiger partial charge in [0.2, 0.25) is 0 Å². The van der Waals surface area contributed by atoms with Crippen molar-refractivity contribution in [1.29, 1.82) is 0 Å². The van der Waals surface area contributed by atoms with Gasteiger partial charge in [-0.15, -0.1) is 0 Å². The first-order chi connectivity index (χ1) is 9.36. The molecule has 0 amide bonds. The van der Waals surface area contributed by atoms with Crippen LogP contribution in [0.1, 0.15) is 5.69 Å². The monoisotopic (exact) mass is 288 g/mol. The molecule has 2 aromatic rings. The highest BCUT2D eigenvalue weighted by Crippen LogP contribution is 2.31. The van der Waals surface area contributed by atoms with Crippen LogP contribution in [0.5, 0.6) is 0 Å². The number of hydrogen-bond donors (Lipinski definition) is 2. The summed E-state index contributed by atoms with van der Waals surface area (Å²) in [6.07, 6.45) is -3.78. The summed E-state index contributed by atoms with van der Waals surface area (Å²) >= 11 is 0. The Balaban J connectivity index is 2.06. The van der Waals surface area contributed by atoms with Crippen LogP contribution in [0.3, 0.4) is 0 Å². The molecule has 20 heavy (non-hydrogen) atoms. The molecule has 3 rings (SSSR count). The van der Waals surface area contributed by atoms with Crippen LogP contribution >= 0.6 is 0 Å². The average Bonchev–Trinajstić information content (AvgIpc) is 2.93. The third kappa shape index (κ3) is 2.08. The third-order valence-corrected chi connectivity index (χ3v) is 3.22. The molecule has 2 atom stereocenters. The zero-order valence-corrected chi connectivity index (χ0v) is 10.1. The first-order valence-corrected chi connectivity index (χ1v) is 5.89. The maximum atomic E-state index is 12.7. The molecule has 1 aliphatic rings. The van der Waals surface area contributed by atoms with E-state index in [2.05, 4.69) is 10.1 Å². The number of β-amino-alcohol motifs (C(OH)–C–C–N with tert-alkyl or cyclic N) is 2. The Kier molecular flexibility index (Phi) is 2.83. The Labute approximate surface area is 111 Å². The van der Waals surface area contributed by atoms with E-state index in [4.69, 9.17) is 0 Å². The topological polar surface area (TPSA) is 73.9 Å². The summed E-state index contributed by atoms with van der Waals surface area (Å²) in [4.78, 5) is 5.56. The molecule has 0 bridgehead atoms. The number of alkyl halides is 3. The van der Waals surface area contributed by atoms with Crippen LogP contribution in [0.25, 0.3) is 5.52 Å². The maximum absolute atomic E-state index is 12.7. The molecule has 108 valence electrons. The van der Waals surface area contributed by atoms with Crippen molar-refractivity contribution in [3.8, 4) is 0 Å². The molecule has 0 radical (unpaired) electrons. The number of fused-ring (bicyclic) bond motifs is 1. The van der Waals surface area contributed by atoms with Gasteiger partial charge >= 0.3 is 6.18 Å². The molecule has 0 spiro atoms. The fourth-order valence-corrected chi connectivity index (χ4v) is 2.23. The number of nitrogens with zero attached hydrogens (tertiary/aromatic N) is 4. The van der Waals surface area contributed by atoms with Crippen LogP contribution < -0.4 is 4.90 Å². The van der Waals surface area contributed by atoms with Gasteiger partial charge in [0.05, 0.1) is 12.2 Å². The van der Waals surface area contributed by atoms with E-state index in [1.54, 1.807) is 0 Å². The zero-order chi connectivity index (χ0) is 14.5. The van der Waals surface area contributed by atoms with Gasteiger partial charge in [-0.2, -0.15) is 18.3 Å². The smallest absolute Gasteiger partial charge is 0.389 e. The predicted molar refractivity (Wildman–Crippen MR) is 62.2 cm³/mol. The molecule has 1 saturated heterocycles. The van der Waals surface area contributed by atoms with Crippen molar-refractivity contribution in [2.75, 3.05) is 18.0 Å². The van der Waals surface area contributed by atoms with Gasteiger partial charge in [-0.1, -0.05) is 0 Å². The lowest BCUT2D eigenvalue weighted by Crippen LogP contribution is -2.22. The van der Waals surface area contributed by atoms with Crippen LogP contribution in [0.15, 0.2) is 18.5 Å². The van der Waals surface area contributed by atoms with Crippen molar-refractivity contribution < 1.29 is 23.4 Å². The average molecular weight is 288 g/mol. The van der Waals surface area contributed by atoms with Gasteiger partial charge in [-0.3, -0.25) is 0 Å². The summed E-state index contributed by atoms with van der Waals surface area (Å²) in [7, 11) is 0. The van der Waals surface area contributed by atoms with Crippen LogP contribution in [-0.4, -0.2) is 50.1 Å². The Morgan fingerprint density at radius 2 is 1.85 bits per heavy atom. The lowest BCUT2D eigenvalue weighted by Gasteiger charge is -2.16. The van der Waals surface area contributed by atoms with Crippen molar-refractivity contribution in [3.63, 3.8) is 0 Å². The van der Waals surface area contributed by atoms with Crippen LogP contribution in [0, 0.1) is 0 Å². The second-order valence-electron chi connectivity index (χ2n) is 4.65. The van der Waals surface area contributed by atoms with E-state index in [1.807, 2.05) is 0 Å². The molecule has 0 aromatic carbocycles. The van der Waals surface area contributed by atoms with Gasteiger partial charge in [-0.25, -0.2) is 9.50 Å². The Hall–Kier alpha value is -1.87. The van der Waals surface area contributed by atoms with E-state index in [0.29, 0.717) is 0 Å². The van der Waals surface area contributed by atoms with Gasteiger partial charge < -0.3 is 15.1 Å². The standard InChI is InChI=1S/C11H11F3N4O2/c12-11(13,14)9-3-6-10(15-1-2-18(6)16-9)17-4-7(19)8(20)5-17/h1-3,7-8,19-20H,4-5H2. The molecule has 1 fully saturated rings. The van der Waals surface area contributed by atoms with E-state index in [1.165, 1.54) is 17.3 Å². The first kappa shape index (κ1) is 13.1. The minimum atomic E-state index is -4.53. The normalized spacial score (nSPS) is 23.8. The highest BCUT2D eigenvalue weighted by atomic mass is 19.4. The van der Waals surface area contributed by atoms with Crippen LogP contribution in [-0.2, 0) is 6.18 Å². The largest absolute Gasteiger partial charge is 0.435 e. The molecule has 2 aromatic heterocycles. The van der Waals surface area contributed by atoms with Crippen molar-refractivity contribution in [2.24, 2.45) is 0 Å². The Bertz CT molecular complexity index is 632. The molecule has 6 nitrogen and oxygen atoms in total. The van der Waals surface area contributed by atoms with Crippen LogP contribution in [0.2, 0.25) is 0 Å². The van der Waals surface area contributed by atoms with Crippen molar-refractivity contribution in [1.82, 2.24) is 14.6 Å². The fraction of sp³-hybridized carbons (Fsp3) is 0.455. The molecule has 0 saturated carbocycles. The van der Waals surface area contributed by atoms with E-state index in [-0.39, 0.29) is 24.4 Å². The molecule has 1 aliphatic heterocycles. The highest BCUT2D eigenvalue weighted by Gasteiger charge is 2.36. The summed E-state index contributed by atoms with van der Waals surface area (Å²) in [6, 6.07) is 0.902. The zero-order valence-electron chi connectivity index (χ0n) is 10.1. The minimum Gasteiger partial charge on any atom is -0.389 e. The number of rotatable bonds is 1. The summed E-state index contributed by atoms with van der Waals surface area (Å²) in [6.45, 7) is 0.223. The Morgan fingerprint density at radius 1 is 1.20 bits per heavy atom. The second-order valence-corrected chi connectivity index (χ2v) is 4.65. The molecule has 0 aliphatic carbocycles. The van der Waals surface area contributed by atoms with E-state index >= 15 is 0 Å². The van der Waals surface area contributed by atoms with Gasteiger partial charge in [0, 0.05) is 31.5 Å². The molecule has 3 heterocycles. The summed E-state index contributed by atoms with van der Waals surface area (Å²) in [5.41, 5.74) is -0.826. The minimum absolute atomic E-state index is 0.111. The van der Waals surface area contributed by atoms with Crippen molar-refractivity contribution in [3.05, 3.63) is 24.2 Å². The Morgan fingerprint density at radius 3 is 2.45 bits per heavy atom. The molecular weight excluding hydrogens is 277 g/mol. The number of anilines is 1. The maximum Gasteiger partial charge on any atom is 0.435 e. The summed E-state index contributed by atoms with van der Waals surface area (Å²) in [5, 5.41) is 22.5. The van der Waals surface area contributed by atoms with E-state index < -0.39 is 24.1 Å². The SMILES string of the molecule is OC1CN(c2nccn3nc(C(F)(F)F)cc23)CC1O. The molecule has 2 N–H and O–H groups in total. The summed E-state index contributed by atoms with van der Waals surface area (Å²) in [5.74, 6) is 0.256. The van der Waals surface area contributed by atoms with Gasteiger partial charge in [-0.05, 0) is 0 Å². The summed E-state index contributed by atoms with van der Waals surface area (Å²) < 4.78 is 39.1. The number of aromatic nitrogens is 3. The first-order valence-electron chi connectivity index (χ1n) is 5.89. The molecular formula is C11H11F3N4O2. The van der Waals surface area contributed by atoms with Gasteiger partial charge in [0.15, 0.2) is 11.5 Å². The molecule has 9 heteroatoms. The predicted octanol–water partition coefficient (Wildman–Crippen LogP) is 0.290.